The molecule has 1 N–H and O–H groups in total. The van der Waals surface area contributed by atoms with Gasteiger partial charge in [-0.1, -0.05) is 0 Å². The van der Waals surface area contributed by atoms with Gasteiger partial charge in [0.1, 0.15) is 0 Å². The predicted molar refractivity (Wildman–Crippen MR) is 44.1 cm³/mol. The molecule has 3 nitrogen and oxygen atoms in total. The van der Waals surface area contributed by atoms with Gasteiger partial charge in [-0.3, -0.25) is 4.99 Å². The predicted octanol–water partition coefficient (Wildman–Crippen LogP) is 1.03. The molecule has 0 fully saturated rings. The summed E-state index contributed by atoms with van der Waals surface area (Å²) in [5.41, 5.74) is 1.03. The third kappa shape index (κ3) is 4.06. The number of nitrogens with zero attached hydrogens (tertiary/aromatic N) is 2. The molecule has 0 aromatic heterocycles. The molecule has 0 atom stereocenters. The second-order valence-electron chi connectivity index (χ2n) is 1.94. The minimum atomic E-state index is -0.154. The summed E-state index contributed by atoms with van der Waals surface area (Å²) in [5.74, 6) is 0. The van der Waals surface area contributed by atoms with E-state index in [0.29, 0.717) is 11.3 Å². The van der Waals surface area contributed by atoms with E-state index in [1.807, 2.05) is 6.07 Å². The molecule has 0 unspecified atom stereocenters. The summed E-state index contributed by atoms with van der Waals surface area (Å²) in [6.07, 6.45) is 3.14. The van der Waals surface area contributed by atoms with Crippen LogP contribution < -0.4 is 0 Å². The fourth-order valence-electron chi connectivity index (χ4n) is 0.414. The van der Waals surface area contributed by atoms with Crippen LogP contribution in [0.25, 0.3) is 0 Å². The second kappa shape index (κ2) is 5.39. The van der Waals surface area contributed by atoms with E-state index in [1.165, 1.54) is 0 Å². The molecule has 0 saturated carbocycles. The fraction of sp³-hybridized carbons (Fsp3) is 0.250. The third-order valence-electron chi connectivity index (χ3n) is 1.07. The van der Waals surface area contributed by atoms with E-state index in [2.05, 4.69) is 11.7 Å². The van der Waals surface area contributed by atoms with Gasteiger partial charge in [-0.2, -0.15) is 5.26 Å². The molecule has 3 heteroatoms. The van der Waals surface area contributed by atoms with E-state index < -0.39 is 0 Å². The Morgan fingerprint density at radius 3 is 2.73 bits per heavy atom. The van der Waals surface area contributed by atoms with Crippen LogP contribution in [0.3, 0.4) is 0 Å². The Kier molecular flexibility index (Phi) is 4.70. The number of aliphatic hydroxyl groups excluding tert-OH is 1. The van der Waals surface area contributed by atoms with Gasteiger partial charge in [0.05, 0.1) is 18.4 Å². The molecule has 11 heavy (non-hydrogen) atoms. The van der Waals surface area contributed by atoms with Crippen LogP contribution in [0.5, 0.6) is 0 Å². The number of hydrogen-bond donors (Lipinski definition) is 1. The zero-order valence-corrected chi connectivity index (χ0v) is 6.41. The average molecular weight is 150 g/mol. The first-order valence-corrected chi connectivity index (χ1v) is 3.09. The molecule has 0 spiro atoms. The van der Waals surface area contributed by atoms with Crippen molar-refractivity contribution in [3.05, 3.63) is 23.4 Å². The second-order valence-corrected chi connectivity index (χ2v) is 1.94. The topological polar surface area (TPSA) is 56.4 Å². The Morgan fingerprint density at radius 1 is 1.73 bits per heavy atom. The van der Waals surface area contributed by atoms with Crippen molar-refractivity contribution in [2.75, 3.05) is 6.61 Å². The highest BCUT2D eigenvalue weighted by Gasteiger charge is 1.86. The molecule has 0 saturated heterocycles. The van der Waals surface area contributed by atoms with Crippen LogP contribution in [0.4, 0.5) is 0 Å². The summed E-state index contributed by atoms with van der Waals surface area (Å²) < 4.78 is 0. The zero-order valence-electron chi connectivity index (χ0n) is 6.41. The first-order chi connectivity index (χ1) is 5.24. The maximum absolute atomic E-state index is 8.60. The van der Waals surface area contributed by atoms with Crippen molar-refractivity contribution in [3.8, 4) is 6.07 Å². The molecule has 0 aromatic carbocycles. The average Bonchev–Trinajstić information content (AvgIpc) is 2.06. The number of aliphatic imine (C=N–C) groups is 1. The Balaban J connectivity index is 4.32. The largest absolute Gasteiger partial charge is 0.390 e. The molecule has 0 aliphatic carbocycles. The lowest BCUT2D eigenvalue weighted by Crippen LogP contribution is -1.83. The van der Waals surface area contributed by atoms with Gasteiger partial charge >= 0.3 is 0 Å². The van der Waals surface area contributed by atoms with Crippen molar-refractivity contribution in [2.45, 2.75) is 6.92 Å². The zero-order chi connectivity index (χ0) is 8.69. The van der Waals surface area contributed by atoms with E-state index in [4.69, 9.17) is 10.4 Å². The summed E-state index contributed by atoms with van der Waals surface area (Å²) in [5, 5.41) is 16.9. The first-order valence-electron chi connectivity index (χ1n) is 3.09. The summed E-state index contributed by atoms with van der Waals surface area (Å²) in [6, 6.07) is 1.94. The van der Waals surface area contributed by atoms with Crippen LogP contribution in [-0.2, 0) is 0 Å². The van der Waals surface area contributed by atoms with Crippen LogP contribution >= 0.6 is 0 Å². The summed E-state index contributed by atoms with van der Waals surface area (Å²) in [7, 11) is 0. The van der Waals surface area contributed by atoms with Gasteiger partial charge in [-0.05, 0) is 25.8 Å². The molecule has 0 heterocycles. The Morgan fingerprint density at radius 2 is 2.36 bits per heavy atom. The third-order valence-corrected chi connectivity index (χ3v) is 1.07. The highest BCUT2D eigenvalue weighted by molar-refractivity contribution is 5.32. The van der Waals surface area contributed by atoms with Crippen LogP contribution in [0.15, 0.2) is 28.4 Å². The van der Waals surface area contributed by atoms with Crippen molar-refractivity contribution in [3.63, 3.8) is 0 Å². The number of allylic oxidation sites excluding steroid dienone is 3. The van der Waals surface area contributed by atoms with Crippen molar-refractivity contribution >= 4 is 6.72 Å². The minimum Gasteiger partial charge on any atom is -0.390 e. The smallest absolute Gasteiger partial charge is 0.0944 e. The van der Waals surface area contributed by atoms with E-state index >= 15 is 0 Å². The number of aliphatic hydroxyl groups is 1. The summed E-state index contributed by atoms with van der Waals surface area (Å²) >= 11 is 0. The van der Waals surface area contributed by atoms with Crippen molar-refractivity contribution in [2.24, 2.45) is 4.99 Å². The molecular weight excluding hydrogens is 140 g/mol. The van der Waals surface area contributed by atoms with Crippen LogP contribution in [0.2, 0.25) is 0 Å². The summed E-state index contributed by atoms with van der Waals surface area (Å²) in [6.45, 7) is 4.77. The molecule has 0 radical (unpaired) electrons. The Hall–Kier alpha value is -1.40. The van der Waals surface area contributed by atoms with Gasteiger partial charge in [0.25, 0.3) is 0 Å². The van der Waals surface area contributed by atoms with Crippen molar-refractivity contribution in [1.82, 2.24) is 0 Å². The van der Waals surface area contributed by atoms with Crippen LogP contribution in [-0.4, -0.2) is 18.4 Å². The lowest BCUT2D eigenvalue weighted by molar-refractivity contribution is 0.330. The fourth-order valence-corrected chi connectivity index (χ4v) is 0.414. The molecule has 0 bridgehead atoms. The molecule has 0 amide bonds. The standard InChI is InChI=1S/C8H10N2O/c1-7(5-9)3-4-8(6-11)10-2/h3-4,11H,2,6H2,1H3/b7-3+,8-4-. The number of rotatable bonds is 3. The minimum absolute atomic E-state index is 0.154. The Labute approximate surface area is 66.0 Å². The van der Waals surface area contributed by atoms with Crippen molar-refractivity contribution < 1.29 is 5.11 Å². The quantitative estimate of drug-likeness (QED) is 0.371. The van der Waals surface area contributed by atoms with Gasteiger partial charge in [0.15, 0.2) is 0 Å². The van der Waals surface area contributed by atoms with Gasteiger partial charge in [0.2, 0.25) is 0 Å². The lowest BCUT2D eigenvalue weighted by Gasteiger charge is -1.90. The van der Waals surface area contributed by atoms with Gasteiger partial charge in [-0.25, -0.2) is 0 Å². The monoisotopic (exact) mass is 150 g/mol. The SMILES string of the molecule is C=N/C(=C\C=C(/C)C#N)CO. The maximum Gasteiger partial charge on any atom is 0.0944 e. The van der Waals surface area contributed by atoms with E-state index in [9.17, 15) is 0 Å². The normalized spacial score (nSPS) is 12.5. The van der Waals surface area contributed by atoms with Gasteiger partial charge in [0, 0.05) is 5.57 Å². The van der Waals surface area contributed by atoms with Gasteiger partial charge in [-0.15, -0.1) is 0 Å². The molecule has 0 aliphatic rings. The van der Waals surface area contributed by atoms with E-state index in [0.717, 1.165) is 0 Å². The maximum atomic E-state index is 8.60. The molecule has 0 aliphatic heterocycles. The van der Waals surface area contributed by atoms with E-state index in [-0.39, 0.29) is 6.61 Å². The molecule has 0 rings (SSSR count). The molecule has 58 valence electrons. The molecular formula is C8H10N2O. The lowest BCUT2D eigenvalue weighted by atomic mass is 10.3. The summed E-state index contributed by atoms with van der Waals surface area (Å²) in [4.78, 5) is 3.52. The highest BCUT2D eigenvalue weighted by atomic mass is 16.3. The number of nitriles is 1. The van der Waals surface area contributed by atoms with E-state index in [1.54, 1.807) is 19.1 Å². The van der Waals surface area contributed by atoms with Crippen LogP contribution in [0, 0.1) is 11.3 Å². The molecule has 0 aromatic rings. The highest BCUT2D eigenvalue weighted by Crippen LogP contribution is 1.96. The van der Waals surface area contributed by atoms with Crippen LogP contribution in [0.1, 0.15) is 6.92 Å². The van der Waals surface area contributed by atoms with Crippen molar-refractivity contribution in [1.29, 1.82) is 5.26 Å². The van der Waals surface area contributed by atoms with Gasteiger partial charge < -0.3 is 5.11 Å². The first kappa shape index (κ1) is 9.60. The Bertz CT molecular complexity index is 233. The number of hydrogen-bond acceptors (Lipinski definition) is 3.